The third kappa shape index (κ3) is 3.47. The highest BCUT2D eigenvalue weighted by Crippen LogP contribution is 2.20. The van der Waals surface area contributed by atoms with Crippen molar-refractivity contribution in [3.05, 3.63) is 29.3 Å². The van der Waals surface area contributed by atoms with Gasteiger partial charge in [-0.3, -0.25) is 4.79 Å². The Labute approximate surface area is 101 Å². The lowest BCUT2D eigenvalue weighted by molar-refractivity contribution is -0.142. The largest absolute Gasteiger partial charge is 0.539 e. The van der Waals surface area contributed by atoms with E-state index in [0.717, 1.165) is 11.1 Å². The van der Waals surface area contributed by atoms with Crippen LogP contribution in [0.3, 0.4) is 0 Å². The Morgan fingerprint density at radius 2 is 2.24 bits per heavy atom. The lowest BCUT2D eigenvalue weighted by Crippen LogP contribution is -2.46. The van der Waals surface area contributed by atoms with Gasteiger partial charge in [0, 0.05) is 6.42 Å². The van der Waals surface area contributed by atoms with E-state index in [9.17, 15) is 4.79 Å². The Morgan fingerprint density at radius 3 is 2.71 bits per heavy atom. The molecule has 0 bridgehead atoms. The maximum absolute atomic E-state index is 10.9. The molecule has 5 nitrogen and oxygen atoms in total. The van der Waals surface area contributed by atoms with E-state index in [1.54, 1.807) is 18.2 Å². The van der Waals surface area contributed by atoms with Crippen molar-refractivity contribution in [2.24, 2.45) is 5.73 Å². The first kappa shape index (κ1) is 13.5. The zero-order chi connectivity index (χ0) is 13.1. The molecule has 0 saturated heterocycles. The van der Waals surface area contributed by atoms with Gasteiger partial charge in [0.1, 0.15) is 11.3 Å². The second-order valence-corrected chi connectivity index (χ2v) is 4.26. The van der Waals surface area contributed by atoms with Gasteiger partial charge >= 0.3 is 13.7 Å². The summed E-state index contributed by atoms with van der Waals surface area (Å²) in [6, 6.07) is 5.17. The highest BCUT2D eigenvalue weighted by Gasteiger charge is 2.28. The Morgan fingerprint density at radius 1 is 1.59 bits per heavy atom. The van der Waals surface area contributed by atoms with Crippen molar-refractivity contribution in [2.75, 3.05) is 0 Å². The van der Waals surface area contributed by atoms with Gasteiger partial charge in [-0.2, -0.15) is 0 Å². The highest BCUT2D eigenvalue weighted by molar-refractivity contribution is 6.17. The van der Waals surface area contributed by atoms with Crippen LogP contribution < -0.4 is 10.4 Å². The van der Waals surface area contributed by atoms with Gasteiger partial charge in [0.05, 0.1) is 0 Å². The number of aliphatic carboxylic acids is 1. The zero-order valence-corrected chi connectivity index (χ0v) is 9.93. The molecule has 0 heterocycles. The number of nitrogens with two attached hydrogens (primary N) is 1. The van der Waals surface area contributed by atoms with Crippen LogP contribution in [0.2, 0.25) is 0 Å². The second-order valence-electron chi connectivity index (χ2n) is 4.26. The van der Waals surface area contributed by atoms with E-state index < -0.39 is 11.5 Å². The van der Waals surface area contributed by atoms with Gasteiger partial charge in [-0.25, -0.2) is 0 Å². The molecule has 6 heteroatoms. The van der Waals surface area contributed by atoms with Crippen molar-refractivity contribution in [1.82, 2.24) is 0 Å². The molecule has 1 aromatic rings. The van der Waals surface area contributed by atoms with Crippen LogP contribution in [0.25, 0.3) is 0 Å². The molecule has 0 spiro atoms. The van der Waals surface area contributed by atoms with E-state index in [2.05, 4.69) is 0 Å². The van der Waals surface area contributed by atoms with Gasteiger partial charge in [0.25, 0.3) is 0 Å². The van der Waals surface area contributed by atoms with E-state index in [4.69, 9.17) is 20.5 Å². The molecule has 0 aliphatic carbocycles. The maximum Gasteiger partial charge on any atom is 0.504 e. The zero-order valence-electron chi connectivity index (χ0n) is 9.93. The van der Waals surface area contributed by atoms with Gasteiger partial charge in [-0.1, -0.05) is 6.07 Å². The summed E-state index contributed by atoms with van der Waals surface area (Å²) in [5, 5.41) is 17.6. The summed E-state index contributed by atoms with van der Waals surface area (Å²) in [5.41, 5.74) is 6.13. The summed E-state index contributed by atoms with van der Waals surface area (Å²) < 4.78 is 4.93. The summed E-state index contributed by atoms with van der Waals surface area (Å²) >= 11 is 0. The van der Waals surface area contributed by atoms with E-state index in [-0.39, 0.29) is 14.1 Å². The van der Waals surface area contributed by atoms with Crippen molar-refractivity contribution in [3.8, 4) is 5.75 Å². The lowest BCUT2D eigenvalue weighted by atomic mass is 9.91. The minimum absolute atomic E-state index is 0.244. The van der Waals surface area contributed by atoms with Crippen LogP contribution in [-0.2, 0) is 11.2 Å². The van der Waals surface area contributed by atoms with Gasteiger partial charge in [0.15, 0.2) is 0 Å². The van der Waals surface area contributed by atoms with Crippen LogP contribution in [0.15, 0.2) is 18.2 Å². The third-order valence-corrected chi connectivity index (χ3v) is 2.59. The predicted molar refractivity (Wildman–Crippen MR) is 65.1 cm³/mol. The standard InChI is InChI=1S/C11H16BNO4/c1-7-5-9(17-12-16)4-3-8(7)6-11(2,13)10(14)15/h3-5,12,16H,6,13H2,1-2H3,(H,14,15)/t11-/m1/s1. The molecule has 0 aromatic heterocycles. The lowest BCUT2D eigenvalue weighted by Gasteiger charge is -2.20. The maximum atomic E-state index is 10.9. The molecule has 0 aliphatic heterocycles. The van der Waals surface area contributed by atoms with Crippen LogP contribution in [0.5, 0.6) is 5.75 Å². The molecule has 0 fully saturated rings. The first-order valence-corrected chi connectivity index (χ1v) is 5.22. The Balaban J connectivity index is 2.90. The van der Waals surface area contributed by atoms with Crippen molar-refractivity contribution in [2.45, 2.75) is 25.8 Å². The number of aryl methyl sites for hydroxylation is 1. The van der Waals surface area contributed by atoms with E-state index in [0.29, 0.717) is 5.75 Å². The molecule has 1 atom stereocenters. The number of hydrogen-bond donors (Lipinski definition) is 3. The van der Waals surface area contributed by atoms with E-state index in [1.165, 1.54) is 6.92 Å². The van der Waals surface area contributed by atoms with Gasteiger partial charge in [0.2, 0.25) is 0 Å². The third-order valence-electron chi connectivity index (χ3n) is 2.59. The molecular formula is C11H16BNO4. The molecule has 0 saturated carbocycles. The van der Waals surface area contributed by atoms with E-state index >= 15 is 0 Å². The van der Waals surface area contributed by atoms with Crippen molar-refractivity contribution >= 4 is 13.7 Å². The monoisotopic (exact) mass is 237 g/mol. The van der Waals surface area contributed by atoms with Crippen LogP contribution in [0.4, 0.5) is 0 Å². The molecule has 92 valence electrons. The van der Waals surface area contributed by atoms with Gasteiger partial charge < -0.3 is 20.5 Å². The normalized spacial score (nSPS) is 13.9. The number of hydrogen-bond acceptors (Lipinski definition) is 4. The van der Waals surface area contributed by atoms with Crippen LogP contribution >= 0.6 is 0 Å². The fraction of sp³-hybridized carbons (Fsp3) is 0.364. The number of rotatable bonds is 5. The molecule has 0 radical (unpaired) electrons. The minimum atomic E-state index is -1.29. The molecular weight excluding hydrogens is 221 g/mol. The minimum Gasteiger partial charge on any atom is -0.539 e. The van der Waals surface area contributed by atoms with Gasteiger partial charge in [-0.15, -0.1) is 0 Å². The van der Waals surface area contributed by atoms with Crippen molar-refractivity contribution in [3.63, 3.8) is 0 Å². The molecule has 0 unspecified atom stereocenters. The molecule has 0 aliphatic rings. The summed E-state index contributed by atoms with van der Waals surface area (Å²) in [4.78, 5) is 10.9. The SMILES string of the molecule is Cc1cc(OBO)ccc1C[C@@](C)(N)C(=O)O. The Kier molecular flexibility index (Phi) is 4.14. The Bertz CT molecular complexity index is 420. The fourth-order valence-electron chi connectivity index (χ4n) is 1.50. The molecule has 1 rings (SSSR count). The van der Waals surface area contributed by atoms with Crippen LogP contribution in [0.1, 0.15) is 18.1 Å². The summed E-state index contributed by atoms with van der Waals surface area (Å²) in [7, 11) is -0.386. The van der Waals surface area contributed by atoms with Crippen LogP contribution in [-0.4, -0.2) is 29.3 Å². The topological polar surface area (TPSA) is 92.8 Å². The smallest absolute Gasteiger partial charge is 0.504 e. The summed E-state index contributed by atoms with van der Waals surface area (Å²) in [6.45, 7) is 3.32. The molecule has 17 heavy (non-hydrogen) atoms. The summed E-state index contributed by atoms with van der Waals surface area (Å²) in [6.07, 6.45) is 0.244. The van der Waals surface area contributed by atoms with E-state index in [1.807, 2.05) is 6.92 Å². The summed E-state index contributed by atoms with van der Waals surface area (Å²) in [5.74, 6) is -0.490. The number of carboxylic acids is 1. The highest BCUT2D eigenvalue weighted by atomic mass is 16.5. The molecule has 0 amide bonds. The Hall–Kier alpha value is -1.53. The quantitative estimate of drug-likeness (QED) is 0.625. The molecule has 1 aromatic carbocycles. The predicted octanol–water partition coefficient (Wildman–Crippen LogP) is -0.0229. The first-order valence-electron chi connectivity index (χ1n) is 5.22. The number of carbonyl (C=O) groups is 1. The molecule has 4 N–H and O–H groups in total. The average Bonchev–Trinajstić information content (AvgIpc) is 2.22. The second kappa shape index (κ2) is 5.20. The number of benzene rings is 1. The fourth-order valence-corrected chi connectivity index (χ4v) is 1.50. The van der Waals surface area contributed by atoms with Gasteiger partial charge in [-0.05, 0) is 37.1 Å². The van der Waals surface area contributed by atoms with Crippen LogP contribution in [0, 0.1) is 6.92 Å². The average molecular weight is 237 g/mol. The van der Waals surface area contributed by atoms with Crippen molar-refractivity contribution < 1.29 is 19.6 Å². The first-order chi connectivity index (χ1) is 7.86. The number of carboxylic acid groups (broad SMARTS) is 1. The van der Waals surface area contributed by atoms with Crippen molar-refractivity contribution in [1.29, 1.82) is 0 Å².